The van der Waals surface area contributed by atoms with Gasteiger partial charge in [0, 0.05) is 25.1 Å². The molecule has 0 atom stereocenters. The third-order valence-electron chi connectivity index (χ3n) is 4.52. The molecular weight excluding hydrogens is 292 g/mol. The molecule has 2 saturated carbocycles. The van der Waals surface area contributed by atoms with Crippen molar-refractivity contribution in [2.75, 3.05) is 0 Å². The molecule has 0 saturated heterocycles. The van der Waals surface area contributed by atoms with Gasteiger partial charge in [0.2, 0.25) is 17.6 Å². The number of pyridine rings is 1. The van der Waals surface area contributed by atoms with E-state index in [-0.39, 0.29) is 5.91 Å². The fourth-order valence-corrected chi connectivity index (χ4v) is 2.97. The Morgan fingerprint density at radius 2 is 2.04 bits per heavy atom. The Bertz CT molecular complexity index is 665. The molecule has 1 amide bonds. The van der Waals surface area contributed by atoms with Crippen LogP contribution in [0.15, 0.2) is 28.9 Å². The lowest BCUT2D eigenvalue weighted by Crippen LogP contribution is -2.38. The van der Waals surface area contributed by atoms with E-state index in [0.717, 1.165) is 0 Å². The Morgan fingerprint density at radius 3 is 2.70 bits per heavy atom. The second kappa shape index (κ2) is 6.10. The lowest BCUT2D eigenvalue weighted by molar-refractivity contribution is -0.122. The van der Waals surface area contributed by atoms with Crippen molar-refractivity contribution in [1.29, 1.82) is 0 Å². The third kappa shape index (κ3) is 3.57. The molecule has 2 aliphatic rings. The lowest BCUT2D eigenvalue weighted by Gasteiger charge is -2.17. The molecule has 6 nitrogen and oxygen atoms in total. The minimum atomic E-state index is 0.0892. The maximum atomic E-state index is 12.2. The Hall–Kier alpha value is -2.24. The molecule has 1 N–H and O–H groups in total. The van der Waals surface area contributed by atoms with E-state index in [1.807, 2.05) is 18.2 Å². The first-order chi connectivity index (χ1) is 11.3. The van der Waals surface area contributed by atoms with Crippen LogP contribution in [0.1, 0.15) is 38.0 Å². The molecule has 0 aliphatic heterocycles. The van der Waals surface area contributed by atoms with Gasteiger partial charge in [-0.05, 0) is 49.7 Å². The maximum absolute atomic E-state index is 12.2. The first-order valence-electron chi connectivity index (χ1n) is 8.33. The van der Waals surface area contributed by atoms with E-state index in [4.69, 9.17) is 4.52 Å². The predicted octanol–water partition coefficient (Wildman–Crippen LogP) is 2.37. The average Bonchev–Trinajstić information content (AvgIpc) is 3.50. The van der Waals surface area contributed by atoms with E-state index in [2.05, 4.69) is 20.4 Å². The Labute approximate surface area is 134 Å². The first kappa shape index (κ1) is 14.4. The van der Waals surface area contributed by atoms with Crippen LogP contribution in [0.3, 0.4) is 0 Å². The summed E-state index contributed by atoms with van der Waals surface area (Å²) in [5, 5.41) is 7.13. The van der Waals surface area contributed by atoms with Crippen LogP contribution in [0.2, 0.25) is 0 Å². The summed E-state index contributed by atoms with van der Waals surface area (Å²) in [6.07, 6.45) is 7.59. The molecular formula is C17H20N4O2. The fraction of sp³-hybridized carbons (Fsp3) is 0.529. The minimum Gasteiger partial charge on any atom is -0.353 e. The van der Waals surface area contributed by atoms with Gasteiger partial charge in [-0.1, -0.05) is 11.2 Å². The van der Waals surface area contributed by atoms with Gasteiger partial charge in [-0.2, -0.15) is 4.98 Å². The average molecular weight is 312 g/mol. The second-order valence-electron chi connectivity index (χ2n) is 6.49. The van der Waals surface area contributed by atoms with Gasteiger partial charge in [0.05, 0.1) is 0 Å². The summed E-state index contributed by atoms with van der Waals surface area (Å²) in [6, 6.07) is 5.94. The van der Waals surface area contributed by atoms with Crippen LogP contribution in [-0.2, 0) is 11.2 Å². The number of carbonyl (C=O) groups is 1. The van der Waals surface area contributed by atoms with Crippen molar-refractivity contribution < 1.29 is 9.32 Å². The first-order valence-corrected chi connectivity index (χ1v) is 8.33. The summed E-state index contributed by atoms with van der Waals surface area (Å²) in [6.45, 7) is 0. The molecule has 6 heteroatoms. The summed E-state index contributed by atoms with van der Waals surface area (Å²) >= 11 is 0. The lowest BCUT2D eigenvalue weighted by atomic mass is 10.1. The quantitative estimate of drug-likeness (QED) is 0.849. The summed E-state index contributed by atoms with van der Waals surface area (Å²) in [5.74, 6) is 2.47. The highest BCUT2D eigenvalue weighted by Crippen LogP contribution is 2.44. The molecule has 0 spiro atoms. The number of aryl methyl sites for hydroxylation is 1. The van der Waals surface area contributed by atoms with Crippen LogP contribution < -0.4 is 5.32 Å². The number of rotatable bonds is 7. The van der Waals surface area contributed by atoms with Crippen LogP contribution in [0, 0.1) is 11.8 Å². The van der Waals surface area contributed by atoms with Crippen molar-refractivity contribution in [3.8, 4) is 11.5 Å². The number of hydrogen-bond acceptors (Lipinski definition) is 5. The molecule has 2 fully saturated rings. The molecule has 4 rings (SSSR count). The van der Waals surface area contributed by atoms with Crippen LogP contribution in [0.4, 0.5) is 0 Å². The van der Waals surface area contributed by atoms with E-state index in [1.54, 1.807) is 6.20 Å². The highest BCUT2D eigenvalue weighted by Gasteiger charge is 2.42. The van der Waals surface area contributed by atoms with Gasteiger partial charge < -0.3 is 9.84 Å². The standard InChI is InChI=1S/C17H20N4O2/c22-14(19-16(11-4-5-11)12-6-7-12)8-9-15-20-17(21-23-15)13-3-1-2-10-18-13/h1-3,10-12,16H,4-9H2,(H,19,22). The van der Waals surface area contributed by atoms with Crippen molar-refractivity contribution in [1.82, 2.24) is 20.4 Å². The summed E-state index contributed by atoms with van der Waals surface area (Å²) < 4.78 is 5.21. The van der Waals surface area contributed by atoms with E-state index < -0.39 is 0 Å². The van der Waals surface area contributed by atoms with Crippen LogP contribution >= 0.6 is 0 Å². The van der Waals surface area contributed by atoms with Gasteiger partial charge in [0.1, 0.15) is 5.69 Å². The van der Waals surface area contributed by atoms with Crippen molar-refractivity contribution in [2.24, 2.45) is 11.8 Å². The molecule has 120 valence electrons. The molecule has 2 aliphatic carbocycles. The van der Waals surface area contributed by atoms with E-state index in [0.29, 0.717) is 48.1 Å². The van der Waals surface area contributed by atoms with Crippen LogP contribution in [0.5, 0.6) is 0 Å². The zero-order valence-corrected chi connectivity index (χ0v) is 12.9. The van der Waals surface area contributed by atoms with Crippen molar-refractivity contribution >= 4 is 5.91 Å². The molecule has 2 aromatic rings. The second-order valence-corrected chi connectivity index (χ2v) is 6.49. The van der Waals surface area contributed by atoms with Crippen LogP contribution in [-0.4, -0.2) is 27.1 Å². The zero-order valence-electron chi connectivity index (χ0n) is 12.9. The predicted molar refractivity (Wildman–Crippen MR) is 83.2 cm³/mol. The summed E-state index contributed by atoms with van der Waals surface area (Å²) in [5.41, 5.74) is 0.675. The normalized spacial score (nSPS) is 17.4. The van der Waals surface area contributed by atoms with E-state index in [9.17, 15) is 4.79 Å². The summed E-state index contributed by atoms with van der Waals surface area (Å²) in [4.78, 5) is 20.6. The molecule has 0 bridgehead atoms. The third-order valence-corrected chi connectivity index (χ3v) is 4.52. The van der Waals surface area contributed by atoms with Gasteiger partial charge in [-0.3, -0.25) is 9.78 Å². The number of nitrogens with zero attached hydrogens (tertiary/aromatic N) is 3. The Morgan fingerprint density at radius 1 is 1.26 bits per heavy atom. The summed E-state index contributed by atoms with van der Waals surface area (Å²) in [7, 11) is 0. The minimum absolute atomic E-state index is 0.0892. The van der Waals surface area contributed by atoms with Gasteiger partial charge in [0.25, 0.3) is 0 Å². The highest BCUT2D eigenvalue weighted by atomic mass is 16.5. The van der Waals surface area contributed by atoms with Gasteiger partial charge in [0.15, 0.2) is 0 Å². The Balaban J connectivity index is 1.30. The molecule has 2 aromatic heterocycles. The molecule has 0 aromatic carbocycles. The fourth-order valence-electron chi connectivity index (χ4n) is 2.97. The molecule has 23 heavy (non-hydrogen) atoms. The maximum Gasteiger partial charge on any atom is 0.227 e. The van der Waals surface area contributed by atoms with Crippen molar-refractivity contribution in [2.45, 2.75) is 44.6 Å². The number of amides is 1. The molecule has 2 heterocycles. The number of nitrogens with one attached hydrogen (secondary N) is 1. The number of hydrogen-bond donors (Lipinski definition) is 1. The number of aromatic nitrogens is 3. The SMILES string of the molecule is O=C(CCc1nc(-c2ccccn2)no1)NC(C1CC1)C1CC1. The monoisotopic (exact) mass is 312 g/mol. The number of carbonyl (C=O) groups excluding carboxylic acids is 1. The molecule has 0 unspecified atom stereocenters. The highest BCUT2D eigenvalue weighted by molar-refractivity contribution is 5.76. The van der Waals surface area contributed by atoms with Crippen molar-refractivity contribution in [3.63, 3.8) is 0 Å². The Kier molecular flexibility index (Phi) is 3.81. The smallest absolute Gasteiger partial charge is 0.227 e. The zero-order chi connectivity index (χ0) is 15.6. The van der Waals surface area contributed by atoms with Gasteiger partial charge in [-0.15, -0.1) is 0 Å². The topological polar surface area (TPSA) is 80.9 Å². The van der Waals surface area contributed by atoms with Crippen LogP contribution in [0.25, 0.3) is 11.5 Å². The van der Waals surface area contributed by atoms with E-state index >= 15 is 0 Å². The largest absolute Gasteiger partial charge is 0.353 e. The van der Waals surface area contributed by atoms with Gasteiger partial charge >= 0.3 is 0 Å². The van der Waals surface area contributed by atoms with Gasteiger partial charge in [-0.25, -0.2) is 0 Å². The molecule has 0 radical (unpaired) electrons. The van der Waals surface area contributed by atoms with Crippen molar-refractivity contribution in [3.05, 3.63) is 30.3 Å². The van der Waals surface area contributed by atoms with E-state index in [1.165, 1.54) is 25.7 Å².